The first-order valence-electron chi connectivity index (χ1n) is 8.08. The van der Waals surface area contributed by atoms with Crippen molar-refractivity contribution in [1.82, 2.24) is 15.5 Å². The molecule has 0 spiro atoms. The Morgan fingerprint density at radius 1 is 1.11 bits per heavy atom. The fraction of sp³-hybridized carbons (Fsp3) is 0.158. The number of ether oxygens (including phenoxy) is 1. The molecule has 8 heteroatoms. The average molecular weight is 383 g/mol. The van der Waals surface area contributed by atoms with Crippen LogP contribution in [0.15, 0.2) is 58.2 Å². The largest absolute Gasteiger partial charge is 0.496 e. The smallest absolute Gasteiger partial charge is 0.277 e. The topological polar surface area (TPSA) is 94.3 Å². The lowest BCUT2D eigenvalue weighted by molar-refractivity contribution is -0.117. The number of carbonyl (C=O) groups is 2. The molecule has 0 bridgehead atoms. The molecule has 0 radical (unpaired) electrons. The first-order chi connectivity index (χ1) is 13.1. The van der Waals surface area contributed by atoms with Gasteiger partial charge in [0.05, 0.1) is 18.4 Å². The van der Waals surface area contributed by atoms with Gasteiger partial charge in [-0.25, -0.2) is 0 Å². The maximum Gasteiger partial charge on any atom is 0.277 e. The number of methoxy groups -OCH3 is 1. The number of hydrogen-bond donors (Lipinski definition) is 1. The fourth-order valence-corrected chi connectivity index (χ4v) is 2.94. The van der Waals surface area contributed by atoms with E-state index >= 15 is 0 Å². The van der Waals surface area contributed by atoms with Crippen molar-refractivity contribution in [2.45, 2.75) is 12.1 Å². The molecule has 3 aromatic rings. The number of rotatable bonds is 6. The van der Waals surface area contributed by atoms with Crippen LogP contribution in [0.4, 0.5) is 0 Å². The van der Waals surface area contributed by atoms with Gasteiger partial charge in [0.2, 0.25) is 11.8 Å². The number of benzene rings is 2. The van der Waals surface area contributed by atoms with Crippen molar-refractivity contribution in [3.05, 3.63) is 59.7 Å². The van der Waals surface area contributed by atoms with Gasteiger partial charge in [0.15, 0.2) is 0 Å². The minimum Gasteiger partial charge on any atom is -0.496 e. The highest BCUT2D eigenvalue weighted by molar-refractivity contribution is 7.99. The number of thioether (sulfide) groups is 1. The van der Waals surface area contributed by atoms with Crippen LogP contribution in [0.3, 0.4) is 0 Å². The summed E-state index contributed by atoms with van der Waals surface area (Å²) in [6.07, 6.45) is 0. The summed E-state index contributed by atoms with van der Waals surface area (Å²) in [5.41, 5.74) is 2.14. The van der Waals surface area contributed by atoms with Gasteiger partial charge < -0.3 is 9.15 Å². The van der Waals surface area contributed by atoms with Crippen molar-refractivity contribution in [1.29, 1.82) is 0 Å². The van der Waals surface area contributed by atoms with Gasteiger partial charge in [-0.2, -0.15) is 0 Å². The molecular weight excluding hydrogens is 366 g/mol. The molecule has 138 valence electrons. The van der Waals surface area contributed by atoms with E-state index in [4.69, 9.17) is 9.15 Å². The van der Waals surface area contributed by atoms with Gasteiger partial charge in [0, 0.05) is 5.56 Å². The highest BCUT2D eigenvalue weighted by Gasteiger charge is 2.16. The minimum atomic E-state index is -0.524. The third-order valence-electron chi connectivity index (χ3n) is 3.71. The molecule has 2 amide bonds. The Morgan fingerprint density at radius 3 is 2.63 bits per heavy atom. The van der Waals surface area contributed by atoms with Gasteiger partial charge >= 0.3 is 0 Å². The number of nitrogens with one attached hydrogen (secondary N) is 1. The molecule has 0 aliphatic rings. The molecule has 0 unspecified atom stereocenters. The molecule has 3 rings (SSSR count). The van der Waals surface area contributed by atoms with Crippen molar-refractivity contribution in [3.8, 4) is 17.2 Å². The molecule has 0 saturated heterocycles. The van der Waals surface area contributed by atoms with E-state index < -0.39 is 11.8 Å². The van der Waals surface area contributed by atoms with Crippen LogP contribution < -0.4 is 10.1 Å². The summed E-state index contributed by atoms with van der Waals surface area (Å²) in [5, 5.41) is 10.5. The normalized spacial score (nSPS) is 10.4. The predicted octanol–water partition coefficient (Wildman–Crippen LogP) is 3.10. The number of hydrogen-bond acceptors (Lipinski definition) is 7. The van der Waals surface area contributed by atoms with E-state index in [0.717, 1.165) is 22.9 Å². The Bertz CT molecular complexity index is 971. The van der Waals surface area contributed by atoms with Crippen molar-refractivity contribution in [3.63, 3.8) is 0 Å². The molecule has 1 aromatic heterocycles. The molecule has 27 heavy (non-hydrogen) atoms. The van der Waals surface area contributed by atoms with E-state index in [1.807, 2.05) is 31.2 Å². The van der Waals surface area contributed by atoms with E-state index in [-0.39, 0.29) is 16.5 Å². The van der Waals surface area contributed by atoms with Crippen LogP contribution in [0.5, 0.6) is 5.75 Å². The summed E-state index contributed by atoms with van der Waals surface area (Å²) in [4.78, 5) is 24.2. The molecule has 0 aliphatic carbocycles. The third-order valence-corrected chi connectivity index (χ3v) is 4.53. The van der Waals surface area contributed by atoms with Crippen molar-refractivity contribution >= 4 is 23.6 Å². The van der Waals surface area contributed by atoms with Crippen LogP contribution in [-0.2, 0) is 4.79 Å². The molecule has 0 saturated carbocycles. The lowest BCUT2D eigenvalue weighted by Crippen LogP contribution is -2.32. The first kappa shape index (κ1) is 18.7. The Kier molecular flexibility index (Phi) is 5.87. The van der Waals surface area contributed by atoms with Crippen LogP contribution in [0.25, 0.3) is 11.5 Å². The van der Waals surface area contributed by atoms with Crippen molar-refractivity contribution in [2.75, 3.05) is 12.9 Å². The number of para-hydroxylation sites is 1. The van der Waals surface area contributed by atoms with Crippen molar-refractivity contribution in [2.24, 2.45) is 0 Å². The number of carbonyl (C=O) groups excluding carboxylic acids is 2. The minimum absolute atomic E-state index is 0.0315. The van der Waals surface area contributed by atoms with Gasteiger partial charge in [-0.3, -0.25) is 14.9 Å². The first-order valence-corrected chi connectivity index (χ1v) is 9.06. The van der Waals surface area contributed by atoms with E-state index in [1.54, 1.807) is 24.3 Å². The number of imide groups is 1. The van der Waals surface area contributed by atoms with Gasteiger partial charge in [-0.15, -0.1) is 10.2 Å². The SMILES string of the molecule is COc1ccccc1C(=O)NC(=O)CSc1nnc(-c2ccccc2C)o1. The molecule has 0 aliphatic heterocycles. The number of aromatic nitrogens is 2. The second-order valence-electron chi connectivity index (χ2n) is 5.55. The summed E-state index contributed by atoms with van der Waals surface area (Å²) in [6, 6.07) is 14.3. The van der Waals surface area contributed by atoms with Crippen LogP contribution in [0.1, 0.15) is 15.9 Å². The number of nitrogens with zero attached hydrogens (tertiary/aromatic N) is 2. The maximum atomic E-state index is 12.2. The Balaban J connectivity index is 1.58. The standard InChI is InChI=1S/C19H17N3O4S/c1-12-7-3-4-8-13(12)18-21-22-19(26-18)27-11-16(23)20-17(24)14-9-5-6-10-15(14)25-2/h3-10H,11H2,1-2H3,(H,20,23,24). The van der Waals surface area contributed by atoms with E-state index in [0.29, 0.717) is 11.6 Å². The molecule has 1 heterocycles. The summed E-state index contributed by atoms with van der Waals surface area (Å²) >= 11 is 1.06. The van der Waals surface area contributed by atoms with Gasteiger partial charge in [-0.1, -0.05) is 42.1 Å². The van der Waals surface area contributed by atoms with Gasteiger partial charge in [0.25, 0.3) is 11.1 Å². The Morgan fingerprint density at radius 2 is 1.85 bits per heavy atom. The summed E-state index contributed by atoms with van der Waals surface area (Å²) in [7, 11) is 1.46. The zero-order chi connectivity index (χ0) is 19.2. The predicted molar refractivity (Wildman–Crippen MR) is 101 cm³/mol. The van der Waals surface area contributed by atoms with E-state index in [9.17, 15) is 9.59 Å². The van der Waals surface area contributed by atoms with E-state index in [2.05, 4.69) is 15.5 Å². The van der Waals surface area contributed by atoms with Crippen LogP contribution in [0, 0.1) is 6.92 Å². The molecule has 0 atom stereocenters. The average Bonchev–Trinajstić information content (AvgIpc) is 3.15. The fourth-order valence-electron chi connectivity index (χ4n) is 2.38. The highest BCUT2D eigenvalue weighted by Crippen LogP contribution is 2.25. The van der Waals surface area contributed by atoms with E-state index in [1.165, 1.54) is 7.11 Å². The quantitative estimate of drug-likeness (QED) is 0.654. The second kappa shape index (κ2) is 8.50. The van der Waals surface area contributed by atoms with Gasteiger partial charge in [-0.05, 0) is 30.7 Å². The Labute approximate surface area is 160 Å². The third kappa shape index (κ3) is 4.53. The zero-order valence-corrected chi connectivity index (χ0v) is 15.6. The van der Waals surface area contributed by atoms with Crippen molar-refractivity contribution < 1.29 is 18.7 Å². The highest BCUT2D eigenvalue weighted by atomic mass is 32.2. The molecule has 1 N–H and O–H groups in total. The van der Waals surface area contributed by atoms with Gasteiger partial charge in [0.1, 0.15) is 5.75 Å². The maximum absolute atomic E-state index is 12.2. The lowest BCUT2D eigenvalue weighted by Gasteiger charge is -2.07. The molecule has 2 aromatic carbocycles. The lowest BCUT2D eigenvalue weighted by atomic mass is 10.1. The summed E-state index contributed by atoms with van der Waals surface area (Å²) in [6.45, 7) is 1.95. The molecule has 7 nitrogen and oxygen atoms in total. The summed E-state index contributed by atoms with van der Waals surface area (Å²) < 4.78 is 10.7. The zero-order valence-electron chi connectivity index (χ0n) is 14.8. The number of amides is 2. The molecule has 0 fully saturated rings. The number of aryl methyl sites for hydroxylation is 1. The second-order valence-corrected chi connectivity index (χ2v) is 6.48. The Hall–Kier alpha value is -3.13. The monoisotopic (exact) mass is 383 g/mol. The summed E-state index contributed by atoms with van der Waals surface area (Å²) in [5.74, 6) is -0.233. The van der Waals surface area contributed by atoms with Crippen LogP contribution in [0.2, 0.25) is 0 Å². The molecular formula is C19H17N3O4S. The van der Waals surface area contributed by atoms with Crippen LogP contribution in [-0.4, -0.2) is 34.9 Å². The van der Waals surface area contributed by atoms with Crippen LogP contribution >= 0.6 is 11.8 Å².